The number of hydrogen-bond acceptors (Lipinski definition) is 3. The summed E-state index contributed by atoms with van der Waals surface area (Å²) >= 11 is 5.81. The van der Waals surface area contributed by atoms with Crippen molar-refractivity contribution in [3.8, 4) is 5.75 Å². The van der Waals surface area contributed by atoms with Gasteiger partial charge in [0, 0.05) is 18.9 Å². The smallest absolute Gasteiger partial charge is 0.406 e. The highest BCUT2D eigenvalue weighted by atomic mass is 35.5. The Bertz CT molecular complexity index is 653. The quantitative estimate of drug-likeness (QED) is 0.945. The van der Waals surface area contributed by atoms with E-state index in [1.54, 1.807) is 7.05 Å². The van der Waals surface area contributed by atoms with Crippen LogP contribution in [0.25, 0.3) is 0 Å². The van der Waals surface area contributed by atoms with Gasteiger partial charge in [-0.25, -0.2) is 0 Å². The van der Waals surface area contributed by atoms with E-state index < -0.39 is 12.3 Å². The van der Waals surface area contributed by atoms with Gasteiger partial charge in [-0.3, -0.25) is 9.48 Å². The molecule has 0 unspecified atom stereocenters. The van der Waals surface area contributed by atoms with Crippen molar-refractivity contribution < 1.29 is 22.7 Å². The third-order valence-corrected chi connectivity index (χ3v) is 2.62. The van der Waals surface area contributed by atoms with Crippen LogP contribution >= 0.6 is 11.6 Å². The molecule has 0 aliphatic heterocycles. The van der Waals surface area contributed by atoms with E-state index in [9.17, 15) is 18.0 Å². The van der Waals surface area contributed by atoms with E-state index in [0.29, 0.717) is 0 Å². The SMILES string of the molecule is Cn1cc(Cl)c(C(=O)Nc2ccc(OC(F)(F)F)cc2)n1. The lowest BCUT2D eigenvalue weighted by molar-refractivity contribution is -0.274. The fourth-order valence-corrected chi connectivity index (χ4v) is 1.81. The minimum atomic E-state index is -4.76. The number of rotatable bonds is 3. The maximum Gasteiger partial charge on any atom is 0.573 e. The minimum Gasteiger partial charge on any atom is -0.406 e. The van der Waals surface area contributed by atoms with Crippen molar-refractivity contribution in [2.24, 2.45) is 7.05 Å². The Balaban J connectivity index is 2.07. The van der Waals surface area contributed by atoms with Crippen molar-refractivity contribution in [2.75, 3.05) is 5.32 Å². The topological polar surface area (TPSA) is 56.2 Å². The fourth-order valence-electron chi connectivity index (χ4n) is 1.54. The molecule has 9 heteroatoms. The summed E-state index contributed by atoms with van der Waals surface area (Å²) in [7, 11) is 1.60. The number of aromatic nitrogens is 2. The molecule has 0 aliphatic rings. The summed E-state index contributed by atoms with van der Waals surface area (Å²) in [4.78, 5) is 11.9. The second-order valence-electron chi connectivity index (χ2n) is 4.03. The highest BCUT2D eigenvalue weighted by molar-refractivity contribution is 6.34. The highest BCUT2D eigenvalue weighted by Gasteiger charge is 2.31. The summed E-state index contributed by atoms with van der Waals surface area (Å²) in [6.45, 7) is 0. The first-order valence-corrected chi connectivity index (χ1v) is 5.99. The molecule has 0 aliphatic carbocycles. The number of benzene rings is 1. The average molecular weight is 320 g/mol. The molecule has 1 aromatic heterocycles. The molecule has 21 heavy (non-hydrogen) atoms. The zero-order valence-electron chi connectivity index (χ0n) is 10.6. The molecule has 1 aromatic carbocycles. The molecule has 2 rings (SSSR count). The van der Waals surface area contributed by atoms with Gasteiger partial charge in [-0.2, -0.15) is 5.10 Å². The molecular weight excluding hydrogens is 311 g/mol. The molecular formula is C12H9ClF3N3O2. The Morgan fingerprint density at radius 1 is 1.33 bits per heavy atom. The third-order valence-electron chi connectivity index (χ3n) is 2.34. The number of amides is 1. The van der Waals surface area contributed by atoms with Gasteiger partial charge in [-0.1, -0.05) is 11.6 Å². The molecule has 1 amide bonds. The highest BCUT2D eigenvalue weighted by Crippen LogP contribution is 2.24. The molecule has 0 radical (unpaired) electrons. The minimum absolute atomic E-state index is 0.0229. The first-order chi connectivity index (χ1) is 9.74. The van der Waals surface area contributed by atoms with Crippen LogP contribution in [-0.4, -0.2) is 22.1 Å². The fraction of sp³-hybridized carbons (Fsp3) is 0.167. The van der Waals surface area contributed by atoms with Gasteiger partial charge in [0.2, 0.25) is 0 Å². The first kappa shape index (κ1) is 15.2. The number of aryl methyl sites for hydroxylation is 1. The summed E-state index contributed by atoms with van der Waals surface area (Å²) in [5, 5.41) is 6.51. The van der Waals surface area contributed by atoms with Gasteiger partial charge in [-0.15, -0.1) is 13.2 Å². The molecule has 0 saturated heterocycles. The van der Waals surface area contributed by atoms with E-state index in [2.05, 4.69) is 15.2 Å². The summed E-state index contributed by atoms with van der Waals surface area (Å²) in [6.07, 6.45) is -3.30. The lowest BCUT2D eigenvalue weighted by Gasteiger charge is -2.09. The van der Waals surface area contributed by atoms with E-state index in [-0.39, 0.29) is 22.2 Å². The number of carbonyl (C=O) groups excluding carboxylic acids is 1. The van der Waals surface area contributed by atoms with Gasteiger partial charge in [0.05, 0.1) is 5.02 Å². The van der Waals surface area contributed by atoms with Gasteiger partial charge < -0.3 is 10.1 Å². The molecule has 0 atom stereocenters. The second kappa shape index (κ2) is 5.65. The largest absolute Gasteiger partial charge is 0.573 e. The summed E-state index contributed by atoms with van der Waals surface area (Å²) in [5.74, 6) is -0.943. The van der Waals surface area contributed by atoms with Crippen LogP contribution in [0.3, 0.4) is 0 Å². The number of nitrogens with one attached hydrogen (secondary N) is 1. The number of nitrogens with zero attached hydrogens (tertiary/aromatic N) is 2. The van der Waals surface area contributed by atoms with Crippen LogP contribution in [0.15, 0.2) is 30.5 Å². The van der Waals surface area contributed by atoms with Crippen LogP contribution in [0.2, 0.25) is 5.02 Å². The van der Waals surface area contributed by atoms with Crippen molar-refractivity contribution in [3.63, 3.8) is 0 Å². The number of anilines is 1. The zero-order chi connectivity index (χ0) is 15.6. The maximum atomic E-state index is 12.0. The Morgan fingerprint density at radius 2 is 1.95 bits per heavy atom. The number of alkyl halides is 3. The molecule has 1 heterocycles. The normalized spacial score (nSPS) is 11.3. The van der Waals surface area contributed by atoms with Crippen molar-refractivity contribution in [1.82, 2.24) is 9.78 Å². The third kappa shape index (κ3) is 4.12. The van der Waals surface area contributed by atoms with Crippen molar-refractivity contribution in [2.45, 2.75) is 6.36 Å². The van der Waals surface area contributed by atoms with Crippen molar-refractivity contribution in [1.29, 1.82) is 0 Å². The number of carbonyl (C=O) groups is 1. The van der Waals surface area contributed by atoms with Crippen LogP contribution in [0, 0.1) is 0 Å². The lowest BCUT2D eigenvalue weighted by Crippen LogP contribution is -2.17. The van der Waals surface area contributed by atoms with Crippen molar-refractivity contribution in [3.05, 3.63) is 41.2 Å². The zero-order valence-corrected chi connectivity index (χ0v) is 11.4. The monoisotopic (exact) mass is 319 g/mol. The van der Waals surface area contributed by atoms with Gasteiger partial charge >= 0.3 is 6.36 Å². The molecule has 0 saturated carbocycles. The molecule has 0 spiro atoms. The Kier molecular flexibility index (Phi) is 4.08. The number of hydrogen-bond donors (Lipinski definition) is 1. The molecule has 0 bridgehead atoms. The molecule has 0 fully saturated rings. The van der Waals surface area contributed by atoms with Crippen molar-refractivity contribution >= 4 is 23.2 Å². The Hall–Kier alpha value is -2.22. The molecule has 112 valence electrons. The van der Waals surface area contributed by atoms with Crippen LogP contribution in [-0.2, 0) is 7.05 Å². The maximum absolute atomic E-state index is 12.0. The Morgan fingerprint density at radius 3 is 2.43 bits per heavy atom. The van der Waals surface area contributed by atoms with Crippen LogP contribution in [0.1, 0.15) is 10.5 Å². The number of halogens is 4. The van der Waals surface area contributed by atoms with E-state index in [1.807, 2.05) is 0 Å². The summed E-state index contributed by atoms with van der Waals surface area (Å²) in [6, 6.07) is 4.72. The van der Waals surface area contributed by atoms with E-state index in [1.165, 1.54) is 23.0 Å². The standard InChI is InChI=1S/C12H9ClF3N3O2/c1-19-6-9(13)10(18-19)11(20)17-7-2-4-8(5-3-7)21-12(14,15)16/h2-6H,1H3,(H,17,20). The predicted molar refractivity (Wildman–Crippen MR) is 69.3 cm³/mol. The molecule has 1 N–H and O–H groups in total. The van der Waals surface area contributed by atoms with E-state index in [0.717, 1.165) is 12.1 Å². The van der Waals surface area contributed by atoms with Crippen LogP contribution < -0.4 is 10.1 Å². The van der Waals surface area contributed by atoms with Crippen LogP contribution in [0.5, 0.6) is 5.75 Å². The van der Waals surface area contributed by atoms with Gasteiger partial charge in [0.15, 0.2) is 5.69 Å². The van der Waals surface area contributed by atoms with Gasteiger partial charge in [-0.05, 0) is 24.3 Å². The molecule has 5 nitrogen and oxygen atoms in total. The average Bonchev–Trinajstić information content (AvgIpc) is 2.69. The van der Waals surface area contributed by atoms with Crippen LogP contribution in [0.4, 0.5) is 18.9 Å². The molecule has 2 aromatic rings. The summed E-state index contributed by atoms with van der Waals surface area (Å²) in [5.41, 5.74) is 0.311. The summed E-state index contributed by atoms with van der Waals surface area (Å²) < 4.78 is 41.1. The lowest BCUT2D eigenvalue weighted by atomic mass is 10.3. The van der Waals surface area contributed by atoms with Gasteiger partial charge in [0.25, 0.3) is 5.91 Å². The van der Waals surface area contributed by atoms with E-state index >= 15 is 0 Å². The van der Waals surface area contributed by atoms with Gasteiger partial charge in [0.1, 0.15) is 5.75 Å². The first-order valence-electron chi connectivity index (χ1n) is 5.61. The van der Waals surface area contributed by atoms with E-state index in [4.69, 9.17) is 11.6 Å². The number of ether oxygens (including phenoxy) is 1. The predicted octanol–water partition coefficient (Wildman–Crippen LogP) is 3.22. The Labute approximate surface area is 122 Å². The second-order valence-corrected chi connectivity index (χ2v) is 4.43.